The lowest BCUT2D eigenvalue weighted by Gasteiger charge is -2.29. The van der Waals surface area contributed by atoms with E-state index in [1.807, 2.05) is 5.38 Å². The van der Waals surface area contributed by atoms with Crippen molar-refractivity contribution in [2.24, 2.45) is 5.92 Å². The Hall–Kier alpha value is -0.980. The van der Waals surface area contributed by atoms with Gasteiger partial charge in [-0.1, -0.05) is 6.92 Å². The van der Waals surface area contributed by atoms with Gasteiger partial charge in [-0.15, -0.1) is 11.3 Å². The summed E-state index contributed by atoms with van der Waals surface area (Å²) in [5, 5.41) is 8.85. The summed E-state index contributed by atoms with van der Waals surface area (Å²) in [5.74, 6) is 0.708. The first kappa shape index (κ1) is 15.4. The number of rotatable bonds is 7. The molecular weight excluding hydrogens is 272 g/mol. The maximum atomic E-state index is 12.0. The zero-order chi connectivity index (χ0) is 14.2. The number of carbonyl (C=O) groups excluding carboxylic acids is 1. The van der Waals surface area contributed by atoms with Crippen LogP contribution in [0, 0.1) is 5.92 Å². The summed E-state index contributed by atoms with van der Waals surface area (Å²) in [5.41, 5.74) is 0. The van der Waals surface area contributed by atoms with E-state index in [-0.39, 0.29) is 5.91 Å². The van der Waals surface area contributed by atoms with Crippen LogP contribution >= 0.6 is 11.3 Å². The molecule has 1 aliphatic rings. The minimum atomic E-state index is 0.0390. The lowest BCUT2D eigenvalue weighted by Crippen LogP contribution is -2.41. The summed E-state index contributed by atoms with van der Waals surface area (Å²) in [6, 6.07) is 0. The predicted octanol–water partition coefficient (Wildman–Crippen LogP) is 1.79. The van der Waals surface area contributed by atoms with Crippen LogP contribution in [0.4, 0.5) is 5.13 Å². The summed E-state index contributed by atoms with van der Waals surface area (Å²) < 4.78 is 0. The molecule has 2 heterocycles. The van der Waals surface area contributed by atoms with E-state index in [0.717, 1.165) is 32.6 Å². The normalized spacial score (nSPS) is 19.2. The fourth-order valence-corrected chi connectivity index (χ4v) is 3.19. The lowest BCUT2D eigenvalue weighted by atomic mass is 9.99. The molecule has 1 aromatic heterocycles. The molecule has 0 radical (unpaired) electrons. The van der Waals surface area contributed by atoms with Gasteiger partial charge in [0.2, 0.25) is 5.91 Å². The van der Waals surface area contributed by atoms with Gasteiger partial charge in [0.25, 0.3) is 0 Å². The number of carbonyl (C=O) groups is 1. The van der Waals surface area contributed by atoms with Crippen molar-refractivity contribution in [3.8, 4) is 0 Å². The molecule has 1 aromatic rings. The highest BCUT2D eigenvalue weighted by molar-refractivity contribution is 7.13. The minimum Gasteiger partial charge on any atom is -0.316 e. The van der Waals surface area contributed by atoms with Crippen LogP contribution in [0.2, 0.25) is 0 Å². The van der Waals surface area contributed by atoms with Crippen molar-refractivity contribution < 1.29 is 4.79 Å². The highest BCUT2D eigenvalue weighted by Crippen LogP contribution is 2.13. The number of piperidine rings is 1. The second kappa shape index (κ2) is 8.34. The smallest absolute Gasteiger partial charge is 0.240 e. The Morgan fingerprint density at radius 3 is 3.20 bits per heavy atom. The van der Waals surface area contributed by atoms with Crippen LogP contribution in [0.5, 0.6) is 0 Å². The van der Waals surface area contributed by atoms with Crippen molar-refractivity contribution in [1.82, 2.24) is 15.2 Å². The molecule has 1 aliphatic heterocycles. The third kappa shape index (κ3) is 5.19. The molecule has 1 unspecified atom stereocenters. The number of anilines is 1. The number of nitrogens with zero attached hydrogens (tertiary/aromatic N) is 2. The number of thiazole rings is 1. The van der Waals surface area contributed by atoms with Crippen molar-refractivity contribution in [2.45, 2.75) is 26.2 Å². The minimum absolute atomic E-state index is 0.0390. The van der Waals surface area contributed by atoms with Crippen molar-refractivity contribution >= 4 is 22.4 Å². The monoisotopic (exact) mass is 296 g/mol. The molecule has 6 heteroatoms. The van der Waals surface area contributed by atoms with E-state index in [9.17, 15) is 4.79 Å². The summed E-state index contributed by atoms with van der Waals surface area (Å²) in [6.07, 6.45) is 5.29. The molecule has 0 bridgehead atoms. The average Bonchev–Trinajstić information content (AvgIpc) is 2.93. The van der Waals surface area contributed by atoms with Gasteiger partial charge >= 0.3 is 0 Å². The SMILES string of the molecule is CCCN(CC(=O)Nc1nccs1)CC1CCCNC1. The maximum absolute atomic E-state index is 12.0. The molecule has 1 amide bonds. The second-order valence-corrected chi connectivity index (χ2v) is 6.23. The Balaban J connectivity index is 1.79. The molecule has 5 nitrogen and oxygen atoms in total. The summed E-state index contributed by atoms with van der Waals surface area (Å²) in [4.78, 5) is 18.4. The average molecular weight is 296 g/mol. The van der Waals surface area contributed by atoms with Crippen LogP contribution in [0.3, 0.4) is 0 Å². The van der Waals surface area contributed by atoms with Crippen molar-refractivity contribution in [3.63, 3.8) is 0 Å². The number of nitrogens with one attached hydrogen (secondary N) is 2. The molecular formula is C14H24N4OS. The van der Waals surface area contributed by atoms with Gasteiger partial charge in [0.1, 0.15) is 0 Å². The third-order valence-corrected chi connectivity index (χ3v) is 4.19. The molecule has 1 atom stereocenters. The van der Waals surface area contributed by atoms with Crippen molar-refractivity contribution in [3.05, 3.63) is 11.6 Å². The van der Waals surface area contributed by atoms with Crippen molar-refractivity contribution in [1.29, 1.82) is 0 Å². The standard InChI is InChI=1S/C14H24N4OS/c1-2-7-18(10-12-4-3-5-15-9-12)11-13(19)17-14-16-6-8-20-14/h6,8,12,15H,2-5,7,9-11H2,1H3,(H,16,17,19). The van der Waals surface area contributed by atoms with Crippen LogP contribution in [-0.4, -0.2) is 48.5 Å². The maximum Gasteiger partial charge on any atom is 0.240 e. The van der Waals surface area contributed by atoms with E-state index in [1.165, 1.54) is 24.2 Å². The molecule has 0 aliphatic carbocycles. The lowest BCUT2D eigenvalue weighted by molar-refractivity contribution is -0.117. The van der Waals surface area contributed by atoms with Crippen LogP contribution < -0.4 is 10.6 Å². The molecule has 0 saturated carbocycles. The van der Waals surface area contributed by atoms with E-state index in [1.54, 1.807) is 6.20 Å². The number of hydrogen-bond acceptors (Lipinski definition) is 5. The summed E-state index contributed by atoms with van der Waals surface area (Å²) >= 11 is 1.46. The Kier molecular flexibility index (Phi) is 6.42. The largest absolute Gasteiger partial charge is 0.316 e. The number of amides is 1. The summed E-state index contributed by atoms with van der Waals surface area (Å²) in [6.45, 7) is 6.81. The van der Waals surface area contributed by atoms with Crippen LogP contribution in [0.25, 0.3) is 0 Å². The first-order valence-corrected chi connectivity index (χ1v) is 8.28. The second-order valence-electron chi connectivity index (χ2n) is 5.33. The van der Waals surface area contributed by atoms with Gasteiger partial charge in [0.05, 0.1) is 6.54 Å². The predicted molar refractivity (Wildman–Crippen MR) is 83.1 cm³/mol. The molecule has 0 aromatic carbocycles. The third-order valence-electron chi connectivity index (χ3n) is 3.50. The van der Waals surface area contributed by atoms with E-state index in [4.69, 9.17) is 0 Å². The van der Waals surface area contributed by atoms with Gasteiger partial charge in [0, 0.05) is 18.1 Å². The van der Waals surface area contributed by atoms with Crippen LogP contribution in [0.15, 0.2) is 11.6 Å². The fraction of sp³-hybridized carbons (Fsp3) is 0.714. The first-order chi connectivity index (χ1) is 9.78. The van der Waals surface area contributed by atoms with Gasteiger partial charge in [0.15, 0.2) is 5.13 Å². The topological polar surface area (TPSA) is 57.3 Å². The Morgan fingerprint density at radius 1 is 1.65 bits per heavy atom. The number of aromatic nitrogens is 1. The molecule has 2 N–H and O–H groups in total. The quantitative estimate of drug-likeness (QED) is 0.805. The Bertz CT molecular complexity index is 390. The van der Waals surface area contributed by atoms with Gasteiger partial charge < -0.3 is 10.6 Å². The zero-order valence-corrected chi connectivity index (χ0v) is 12.9. The molecule has 0 spiro atoms. The number of hydrogen-bond donors (Lipinski definition) is 2. The fourth-order valence-electron chi connectivity index (χ4n) is 2.64. The Morgan fingerprint density at radius 2 is 2.55 bits per heavy atom. The molecule has 1 saturated heterocycles. The van der Waals surface area contributed by atoms with E-state index in [0.29, 0.717) is 17.6 Å². The molecule has 112 valence electrons. The van der Waals surface area contributed by atoms with Gasteiger partial charge in [-0.05, 0) is 44.8 Å². The van der Waals surface area contributed by atoms with E-state index < -0.39 is 0 Å². The highest BCUT2D eigenvalue weighted by atomic mass is 32.1. The van der Waals surface area contributed by atoms with Gasteiger partial charge in [-0.2, -0.15) is 0 Å². The van der Waals surface area contributed by atoms with Crippen molar-refractivity contribution in [2.75, 3.05) is 38.0 Å². The van der Waals surface area contributed by atoms with Crippen LogP contribution in [-0.2, 0) is 4.79 Å². The zero-order valence-electron chi connectivity index (χ0n) is 12.1. The molecule has 2 rings (SSSR count). The first-order valence-electron chi connectivity index (χ1n) is 7.40. The highest BCUT2D eigenvalue weighted by Gasteiger charge is 2.18. The van der Waals surface area contributed by atoms with Gasteiger partial charge in [-0.3, -0.25) is 9.69 Å². The van der Waals surface area contributed by atoms with Gasteiger partial charge in [-0.25, -0.2) is 4.98 Å². The van der Waals surface area contributed by atoms with E-state index in [2.05, 4.69) is 27.4 Å². The van der Waals surface area contributed by atoms with Crippen LogP contribution in [0.1, 0.15) is 26.2 Å². The summed E-state index contributed by atoms with van der Waals surface area (Å²) in [7, 11) is 0. The van der Waals surface area contributed by atoms with E-state index >= 15 is 0 Å². The molecule has 20 heavy (non-hydrogen) atoms. The Labute approximate surface area is 124 Å². The molecule has 1 fully saturated rings.